The zero-order valence-electron chi connectivity index (χ0n) is 9.67. The van der Waals surface area contributed by atoms with Gasteiger partial charge in [-0.2, -0.15) is 0 Å². The molecule has 4 aliphatic rings. The van der Waals surface area contributed by atoms with Gasteiger partial charge in [0.2, 0.25) is 0 Å². The van der Waals surface area contributed by atoms with Gasteiger partial charge in [-0.05, 0) is 80.7 Å². The maximum atomic E-state index is 6.05. The van der Waals surface area contributed by atoms with Crippen LogP contribution in [0.15, 0.2) is 0 Å². The topological polar surface area (TPSA) is 52.0 Å². The molecular weight excluding hydrogens is 184 g/mol. The molecule has 86 valence electrons. The highest BCUT2D eigenvalue weighted by atomic mass is 14.7. The van der Waals surface area contributed by atoms with E-state index in [1.807, 2.05) is 0 Å². The Morgan fingerprint density at radius 1 is 0.933 bits per heavy atom. The van der Waals surface area contributed by atoms with Crippen LogP contribution in [-0.4, -0.2) is 13.1 Å². The van der Waals surface area contributed by atoms with Crippen LogP contribution < -0.4 is 11.5 Å². The minimum absolute atomic E-state index is 0.527. The van der Waals surface area contributed by atoms with E-state index >= 15 is 0 Å². The molecular formula is C13H24N2. The van der Waals surface area contributed by atoms with Crippen molar-refractivity contribution >= 4 is 0 Å². The molecule has 4 aliphatic carbocycles. The second-order valence-electron chi connectivity index (χ2n) is 6.70. The fraction of sp³-hybridized carbons (Fsp3) is 1.00. The molecule has 0 amide bonds. The maximum Gasteiger partial charge on any atom is -0.00201 e. The lowest BCUT2D eigenvalue weighted by Crippen LogP contribution is -2.54. The van der Waals surface area contributed by atoms with E-state index < -0.39 is 0 Å². The molecule has 0 saturated heterocycles. The Labute approximate surface area is 92.8 Å². The van der Waals surface area contributed by atoms with E-state index in [2.05, 4.69) is 0 Å². The quantitative estimate of drug-likeness (QED) is 0.744. The van der Waals surface area contributed by atoms with E-state index in [1.54, 1.807) is 0 Å². The monoisotopic (exact) mass is 208 g/mol. The SMILES string of the molecule is NCCC12CC3CC(CC(CN)(C3)C1)C2. The van der Waals surface area contributed by atoms with Crippen molar-refractivity contribution < 1.29 is 0 Å². The van der Waals surface area contributed by atoms with Crippen LogP contribution in [0.25, 0.3) is 0 Å². The van der Waals surface area contributed by atoms with Crippen molar-refractivity contribution in [3.63, 3.8) is 0 Å². The first-order valence-corrected chi connectivity index (χ1v) is 6.59. The first kappa shape index (κ1) is 10.1. The van der Waals surface area contributed by atoms with Crippen molar-refractivity contribution in [3.8, 4) is 0 Å². The maximum absolute atomic E-state index is 6.05. The highest BCUT2D eigenvalue weighted by Crippen LogP contribution is 2.65. The molecule has 2 atom stereocenters. The van der Waals surface area contributed by atoms with Gasteiger partial charge in [0, 0.05) is 0 Å². The third kappa shape index (κ3) is 1.45. The summed E-state index contributed by atoms with van der Waals surface area (Å²) in [5.74, 6) is 1.97. The number of rotatable bonds is 3. The molecule has 0 aromatic carbocycles. The Kier molecular flexibility index (Phi) is 2.16. The van der Waals surface area contributed by atoms with E-state index in [0.29, 0.717) is 10.8 Å². The second kappa shape index (κ2) is 3.21. The van der Waals surface area contributed by atoms with Gasteiger partial charge in [0.1, 0.15) is 0 Å². The van der Waals surface area contributed by atoms with Gasteiger partial charge in [-0.1, -0.05) is 0 Å². The summed E-state index contributed by atoms with van der Waals surface area (Å²) in [6.45, 7) is 1.80. The van der Waals surface area contributed by atoms with E-state index in [-0.39, 0.29) is 0 Å². The fourth-order valence-electron chi connectivity index (χ4n) is 5.49. The predicted molar refractivity (Wildman–Crippen MR) is 62.3 cm³/mol. The van der Waals surface area contributed by atoms with Gasteiger partial charge in [-0.15, -0.1) is 0 Å². The highest BCUT2D eigenvalue weighted by Gasteiger charge is 2.56. The summed E-state index contributed by atoms with van der Waals surface area (Å²) >= 11 is 0. The first-order valence-electron chi connectivity index (χ1n) is 6.59. The number of hydrogen-bond acceptors (Lipinski definition) is 2. The van der Waals surface area contributed by atoms with E-state index in [4.69, 9.17) is 11.5 Å². The van der Waals surface area contributed by atoms with Gasteiger partial charge < -0.3 is 11.5 Å². The van der Waals surface area contributed by atoms with Gasteiger partial charge in [0.25, 0.3) is 0 Å². The molecule has 4 rings (SSSR count). The summed E-state index contributed by atoms with van der Waals surface area (Å²) in [4.78, 5) is 0. The molecule has 4 fully saturated rings. The summed E-state index contributed by atoms with van der Waals surface area (Å²) in [6.07, 6.45) is 9.90. The van der Waals surface area contributed by atoms with Crippen LogP contribution in [0, 0.1) is 22.7 Å². The lowest BCUT2D eigenvalue weighted by molar-refractivity contribution is -0.108. The molecule has 0 spiro atoms. The highest BCUT2D eigenvalue weighted by molar-refractivity contribution is 5.07. The predicted octanol–water partition coefficient (Wildman–Crippen LogP) is 1.88. The number of nitrogens with two attached hydrogens (primary N) is 2. The molecule has 0 radical (unpaired) electrons. The van der Waals surface area contributed by atoms with Crippen molar-refractivity contribution in [3.05, 3.63) is 0 Å². The zero-order chi connectivity index (χ0) is 10.5. The van der Waals surface area contributed by atoms with Crippen molar-refractivity contribution in [1.29, 1.82) is 0 Å². The summed E-state index contributed by atoms with van der Waals surface area (Å²) in [7, 11) is 0. The Hall–Kier alpha value is -0.0800. The van der Waals surface area contributed by atoms with Crippen LogP contribution in [-0.2, 0) is 0 Å². The van der Waals surface area contributed by atoms with E-state index in [9.17, 15) is 0 Å². The third-order valence-electron chi connectivity index (χ3n) is 5.41. The number of hydrogen-bond donors (Lipinski definition) is 2. The molecule has 0 aliphatic heterocycles. The Morgan fingerprint density at radius 2 is 1.53 bits per heavy atom. The van der Waals surface area contributed by atoms with Crippen LogP contribution in [0.4, 0.5) is 0 Å². The molecule has 0 heterocycles. The molecule has 15 heavy (non-hydrogen) atoms. The van der Waals surface area contributed by atoms with Crippen LogP contribution in [0.5, 0.6) is 0 Å². The Balaban J connectivity index is 1.88. The molecule has 2 nitrogen and oxygen atoms in total. The standard InChI is InChI=1S/C13H24N2/c14-2-1-12-4-10-3-11(5-12)7-13(6-10,8-12)9-15/h10-11H,1-9,14-15H2. The second-order valence-corrected chi connectivity index (χ2v) is 6.70. The van der Waals surface area contributed by atoms with Crippen molar-refractivity contribution in [2.24, 2.45) is 34.1 Å². The zero-order valence-corrected chi connectivity index (χ0v) is 9.67. The largest absolute Gasteiger partial charge is 0.330 e. The van der Waals surface area contributed by atoms with Crippen molar-refractivity contribution in [2.45, 2.75) is 44.9 Å². The lowest BCUT2D eigenvalue weighted by Gasteiger charge is -2.62. The van der Waals surface area contributed by atoms with Crippen LogP contribution in [0.1, 0.15) is 44.9 Å². The lowest BCUT2D eigenvalue weighted by atomic mass is 9.43. The molecule has 2 heteroatoms. The smallest absolute Gasteiger partial charge is 0.00201 e. The minimum Gasteiger partial charge on any atom is -0.330 e. The molecule has 4 saturated carbocycles. The third-order valence-corrected chi connectivity index (χ3v) is 5.41. The van der Waals surface area contributed by atoms with Gasteiger partial charge in [0.05, 0.1) is 0 Å². The molecule has 2 unspecified atom stereocenters. The average molecular weight is 208 g/mol. The molecule has 4 N–H and O–H groups in total. The molecule has 0 aromatic rings. The van der Waals surface area contributed by atoms with Gasteiger partial charge in [0.15, 0.2) is 0 Å². The Bertz CT molecular complexity index is 247. The minimum atomic E-state index is 0.527. The van der Waals surface area contributed by atoms with Gasteiger partial charge in [-0.3, -0.25) is 0 Å². The summed E-state index contributed by atoms with van der Waals surface area (Å²) in [6, 6.07) is 0. The summed E-state index contributed by atoms with van der Waals surface area (Å²) in [5.41, 5.74) is 13.0. The van der Waals surface area contributed by atoms with Crippen LogP contribution >= 0.6 is 0 Å². The summed E-state index contributed by atoms with van der Waals surface area (Å²) < 4.78 is 0. The van der Waals surface area contributed by atoms with E-state index in [1.165, 1.54) is 44.9 Å². The first-order chi connectivity index (χ1) is 7.19. The van der Waals surface area contributed by atoms with Crippen LogP contribution in [0.3, 0.4) is 0 Å². The van der Waals surface area contributed by atoms with E-state index in [0.717, 1.165) is 24.9 Å². The molecule has 4 bridgehead atoms. The van der Waals surface area contributed by atoms with Gasteiger partial charge in [-0.25, -0.2) is 0 Å². The molecule has 0 aromatic heterocycles. The van der Waals surface area contributed by atoms with Gasteiger partial charge >= 0.3 is 0 Å². The Morgan fingerprint density at radius 3 is 2.07 bits per heavy atom. The summed E-state index contributed by atoms with van der Waals surface area (Å²) in [5, 5.41) is 0. The fourth-order valence-corrected chi connectivity index (χ4v) is 5.49. The van der Waals surface area contributed by atoms with Crippen molar-refractivity contribution in [2.75, 3.05) is 13.1 Å². The average Bonchev–Trinajstić information content (AvgIpc) is 2.15. The van der Waals surface area contributed by atoms with Crippen molar-refractivity contribution in [1.82, 2.24) is 0 Å². The normalized spacial score (nSPS) is 52.4. The van der Waals surface area contributed by atoms with Crippen LogP contribution in [0.2, 0.25) is 0 Å².